The third-order valence-corrected chi connectivity index (χ3v) is 5.65. The standard InChI is InChI=1S/C23H32N2O4/c1-23(2,26)8-3-4-17-5-6-20-18(12-17)7-9-25-16-24-22(13-21(20)25)29-15-19-14-27-10-11-28-19/h5-6,12-13,19,26H,3-4,7-11,14-16H2,1-2H3/t19-/m0/s1. The van der Waals surface area contributed by atoms with Crippen LogP contribution in [-0.4, -0.2) is 67.3 Å². The van der Waals surface area contributed by atoms with Gasteiger partial charge in [0.15, 0.2) is 0 Å². The molecule has 0 radical (unpaired) electrons. The summed E-state index contributed by atoms with van der Waals surface area (Å²) in [6.45, 7) is 7.69. The number of rotatable bonds is 6. The van der Waals surface area contributed by atoms with Crippen molar-refractivity contribution in [2.75, 3.05) is 39.6 Å². The number of ether oxygens (including phenoxy) is 3. The van der Waals surface area contributed by atoms with Gasteiger partial charge in [0.2, 0.25) is 5.90 Å². The molecule has 1 aromatic rings. The number of aliphatic hydroxyl groups is 1. The molecule has 6 heteroatoms. The van der Waals surface area contributed by atoms with E-state index in [1.54, 1.807) is 0 Å². The monoisotopic (exact) mass is 400 g/mol. The Morgan fingerprint density at radius 2 is 2.21 bits per heavy atom. The average Bonchev–Trinajstić information content (AvgIpc) is 2.71. The van der Waals surface area contributed by atoms with Crippen LogP contribution < -0.4 is 0 Å². The van der Waals surface area contributed by atoms with E-state index in [0.717, 1.165) is 32.2 Å². The predicted molar refractivity (Wildman–Crippen MR) is 113 cm³/mol. The molecule has 4 rings (SSSR count). The first kappa shape index (κ1) is 20.4. The fraction of sp³-hybridized carbons (Fsp3) is 0.609. The molecule has 1 saturated heterocycles. The van der Waals surface area contributed by atoms with Crippen LogP contribution in [0.3, 0.4) is 0 Å². The Hall–Kier alpha value is -1.89. The minimum atomic E-state index is -0.591. The van der Waals surface area contributed by atoms with Crippen LogP contribution in [0.2, 0.25) is 0 Å². The lowest BCUT2D eigenvalue weighted by Crippen LogP contribution is -2.35. The van der Waals surface area contributed by atoms with Crippen molar-refractivity contribution in [2.24, 2.45) is 4.99 Å². The van der Waals surface area contributed by atoms with Crippen molar-refractivity contribution in [1.29, 1.82) is 0 Å². The van der Waals surface area contributed by atoms with E-state index in [-0.39, 0.29) is 6.10 Å². The highest BCUT2D eigenvalue weighted by Gasteiger charge is 2.25. The van der Waals surface area contributed by atoms with E-state index in [9.17, 15) is 5.11 Å². The molecule has 1 aromatic carbocycles. The van der Waals surface area contributed by atoms with Gasteiger partial charge in [0.1, 0.15) is 19.4 Å². The topological polar surface area (TPSA) is 63.5 Å². The first-order valence-electron chi connectivity index (χ1n) is 10.7. The van der Waals surface area contributed by atoms with E-state index in [1.165, 1.54) is 22.4 Å². The molecule has 3 heterocycles. The SMILES string of the molecule is CC(C)(O)CCCc1ccc2c(c1)CCN1CN=C(OC[C@@H]3COCCO3)C=C21. The first-order chi connectivity index (χ1) is 14.0. The molecule has 6 nitrogen and oxygen atoms in total. The summed E-state index contributed by atoms with van der Waals surface area (Å²) in [6.07, 6.45) is 5.88. The van der Waals surface area contributed by atoms with Crippen LogP contribution in [0.15, 0.2) is 29.3 Å². The van der Waals surface area contributed by atoms with E-state index in [2.05, 4.69) is 34.2 Å². The van der Waals surface area contributed by atoms with Gasteiger partial charge >= 0.3 is 0 Å². The lowest BCUT2D eigenvalue weighted by atomic mass is 9.92. The molecule has 0 unspecified atom stereocenters. The van der Waals surface area contributed by atoms with E-state index in [1.807, 2.05) is 13.8 Å². The molecule has 1 N–H and O–H groups in total. The minimum absolute atomic E-state index is 0.0204. The number of aryl methyl sites for hydroxylation is 1. The van der Waals surface area contributed by atoms with Gasteiger partial charge in [-0.1, -0.05) is 18.2 Å². The van der Waals surface area contributed by atoms with Crippen LogP contribution in [0.25, 0.3) is 5.70 Å². The highest BCUT2D eigenvalue weighted by Crippen LogP contribution is 2.31. The maximum Gasteiger partial charge on any atom is 0.212 e. The Morgan fingerprint density at radius 1 is 1.31 bits per heavy atom. The van der Waals surface area contributed by atoms with Gasteiger partial charge in [-0.15, -0.1) is 0 Å². The molecule has 1 atom stereocenters. The summed E-state index contributed by atoms with van der Waals surface area (Å²) >= 11 is 0. The normalized spacial score (nSPS) is 21.8. The van der Waals surface area contributed by atoms with Crippen molar-refractivity contribution in [3.8, 4) is 0 Å². The Balaban J connectivity index is 1.41. The number of benzene rings is 1. The van der Waals surface area contributed by atoms with Crippen molar-refractivity contribution in [1.82, 2.24) is 4.90 Å². The summed E-state index contributed by atoms with van der Waals surface area (Å²) in [7, 11) is 0. The fourth-order valence-electron chi connectivity index (χ4n) is 4.06. The number of hydrogen-bond donors (Lipinski definition) is 1. The zero-order chi connectivity index (χ0) is 20.3. The van der Waals surface area contributed by atoms with Crippen molar-refractivity contribution in [3.05, 3.63) is 41.0 Å². The summed E-state index contributed by atoms with van der Waals surface area (Å²) < 4.78 is 17.0. The van der Waals surface area contributed by atoms with Gasteiger partial charge in [-0.2, -0.15) is 0 Å². The highest BCUT2D eigenvalue weighted by molar-refractivity contribution is 5.96. The molecule has 158 valence electrons. The number of aliphatic imine (C=N–C) groups is 1. The average molecular weight is 401 g/mol. The molecule has 0 aromatic heterocycles. The van der Waals surface area contributed by atoms with Crippen LogP contribution in [0.5, 0.6) is 0 Å². The maximum atomic E-state index is 9.92. The van der Waals surface area contributed by atoms with Gasteiger partial charge in [-0.25, -0.2) is 4.99 Å². The summed E-state index contributed by atoms with van der Waals surface area (Å²) in [6, 6.07) is 6.78. The first-order valence-corrected chi connectivity index (χ1v) is 10.7. The zero-order valence-corrected chi connectivity index (χ0v) is 17.5. The number of fused-ring (bicyclic) bond motifs is 3. The molecule has 3 aliphatic rings. The summed E-state index contributed by atoms with van der Waals surface area (Å²) in [4.78, 5) is 6.88. The zero-order valence-electron chi connectivity index (χ0n) is 17.5. The fourth-order valence-corrected chi connectivity index (χ4v) is 4.06. The van der Waals surface area contributed by atoms with Gasteiger partial charge in [-0.05, 0) is 50.7 Å². The number of nitrogens with zero attached hydrogens (tertiary/aromatic N) is 2. The Kier molecular flexibility index (Phi) is 6.23. The smallest absolute Gasteiger partial charge is 0.212 e. The molecule has 1 fully saturated rings. The third-order valence-electron chi connectivity index (χ3n) is 5.65. The molecule has 0 amide bonds. The second-order valence-electron chi connectivity index (χ2n) is 8.72. The van der Waals surface area contributed by atoms with Gasteiger partial charge in [0.05, 0.1) is 31.1 Å². The van der Waals surface area contributed by atoms with Crippen LogP contribution >= 0.6 is 0 Å². The lowest BCUT2D eigenvalue weighted by Gasteiger charge is -2.35. The maximum absolute atomic E-state index is 9.92. The van der Waals surface area contributed by atoms with Crippen molar-refractivity contribution >= 4 is 11.6 Å². The molecule has 29 heavy (non-hydrogen) atoms. The second kappa shape index (κ2) is 8.86. The van der Waals surface area contributed by atoms with Crippen LogP contribution in [0.4, 0.5) is 0 Å². The van der Waals surface area contributed by atoms with Crippen molar-refractivity contribution in [2.45, 2.75) is 51.2 Å². The molecular weight excluding hydrogens is 368 g/mol. The Labute approximate surface area is 173 Å². The minimum Gasteiger partial charge on any atom is -0.475 e. The van der Waals surface area contributed by atoms with Gasteiger partial charge in [-0.3, -0.25) is 0 Å². The summed E-state index contributed by atoms with van der Waals surface area (Å²) in [5, 5.41) is 9.92. The Bertz CT molecular complexity index is 776. The molecule has 3 aliphatic heterocycles. The molecule has 0 saturated carbocycles. The molecule has 0 aliphatic carbocycles. The molecule has 0 spiro atoms. The van der Waals surface area contributed by atoms with Gasteiger partial charge < -0.3 is 24.2 Å². The van der Waals surface area contributed by atoms with Crippen molar-refractivity contribution < 1.29 is 19.3 Å². The van der Waals surface area contributed by atoms with Gasteiger partial charge in [0.25, 0.3) is 0 Å². The van der Waals surface area contributed by atoms with E-state index >= 15 is 0 Å². The summed E-state index contributed by atoms with van der Waals surface area (Å²) in [5.74, 6) is 0.674. The van der Waals surface area contributed by atoms with Crippen LogP contribution in [0.1, 0.15) is 43.4 Å². The largest absolute Gasteiger partial charge is 0.475 e. The van der Waals surface area contributed by atoms with Crippen LogP contribution in [0, 0.1) is 0 Å². The lowest BCUT2D eigenvalue weighted by molar-refractivity contribution is -0.103. The highest BCUT2D eigenvalue weighted by atomic mass is 16.6. The number of hydrogen-bond acceptors (Lipinski definition) is 6. The predicted octanol–water partition coefficient (Wildman–Crippen LogP) is 2.78. The van der Waals surface area contributed by atoms with E-state index < -0.39 is 5.60 Å². The second-order valence-corrected chi connectivity index (χ2v) is 8.72. The van der Waals surface area contributed by atoms with E-state index in [4.69, 9.17) is 14.2 Å². The van der Waals surface area contributed by atoms with Crippen molar-refractivity contribution in [3.63, 3.8) is 0 Å². The van der Waals surface area contributed by atoms with Gasteiger partial charge in [0, 0.05) is 18.2 Å². The third kappa shape index (κ3) is 5.38. The quantitative estimate of drug-likeness (QED) is 0.796. The van der Waals surface area contributed by atoms with E-state index in [0.29, 0.717) is 39.0 Å². The Morgan fingerprint density at radius 3 is 3.00 bits per heavy atom. The molecule has 0 bridgehead atoms. The van der Waals surface area contributed by atoms with Crippen LogP contribution in [-0.2, 0) is 27.1 Å². The molecular formula is C23H32N2O4. The summed E-state index contributed by atoms with van der Waals surface area (Å²) in [5.41, 5.74) is 4.61.